The van der Waals surface area contributed by atoms with Crippen LogP contribution in [0.3, 0.4) is 0 Å². The SMILES string of the molecule is CC(C)c1ccc(CC(N)C2CN(C(C)C)CCO2)cc1. The highest BCUT2D eigenvalue weighted by atomic mass is 16.5. The van der Waals surface area contributed by atoms with Crippen LogP contribution in [-0.4, -0.2) is 42.8 Å². The molecule has 3 nitrogen and oxygen atoms in total. The van der Waals surface area contributed by atoms with E-state index >= 15 is 0 Å². The predicted molar refractivity (Wildman–Crippen MR) is 88.7 cm³/mol. The van der Waals surface area contributed by atoms with Crippen molar-refractivity contribution < 1.29 is 4.74 Å². The Morgan fingerprint density at radius 1 is 1.19 bits per heavy atom. The van der Waals surface area contributed by atoms with Gasteiger partial charge in [0.25, 0.3) is 0 Å². The van der Waals surface area contributed by atoms with Crippen LogP contribution in [0.1, 0.15) is 44.7 Å². The van der Waals surface area contributed by atoms with E-state index in [1.54, 1.807) is 0 Å². The lowest BCUT2D eigenvalue weighted by molar-refractivity contribution is -0.0495. The molecule has 1 aromatic carbocycles. The summed E-state index contributed by atoms with van der Waals surface area (Å²) in [5, 5.41) is 0. The lowest BCUT2D eigenvalue weighted by Gasteiger charge is -2.38. The third kappa shape index (κ3) is 4.53. The van der Waals surface area contributed by atoms with Crippen LogP contribution < -0.4 is 5.73 Å². The van der Waals surface area contributed by atoms with Gasteiger partial charge in [-0.2, -0.15) is 0 Å². The fourth-order valence-electron chi connectivity index (χ4n) is 2.87. The summed E-state index contributed by atoms with van der Waals surface area (Å²) >= 11 is 0. The molecule has 2 rings (SSSR count). The minimum Gasteiger partial charge on any atom is -0.374 e. The fourth-order valence-corrected chi connectivity index (χ4v) is 2.87. The second kappa shape index (κ2) is 7.39. The maximum absolute atomic E-state index is 6.39. The van der Waals surface area contributed by atoms with Crippen molar-refractivity contribution >= 4 is 0 Å². The Hall–Kier alpha value is -0.900. The number of hydrogen-bond acceptors (Lipinski definition) is 3. The first-order valence-corrected chi connectivity index (χ1v) is 8.17. The molecule has 1 heterocycles. The van der Waals surface area contributed by atoms with Gasteiger partial charge in [0.2, 0.25) is 0 Å². The Labute approximate surface area is 129 Å². The van der Waals surface area contributed by atoms with Crippen molar-refractivity contribution in [2.24, 2.45) is 5.73 Å². The smallest absolute Gasteiger partial charge is 0.0856 e. The van der Waals surface area contributed by atoms with E-state index in [1.165, 1.54) is 11.1 Å². The van der Waals surface area contributed by atoms with E-state index < -0.39 is 0 Å². The van der Waals surface area contributed by atoms with E-state index in [1.807, 2.05) is 0 Å². The summed E-state index contributed by atoms with van der Waals surface area (Å²) in [6.45, 7) is 11.7. The quantitative estimate of drug-likeness (QED) is 0.906. The highest BCUT2D eigenvalue weighted by molar-refractivity contribution is 5.25. The molecular formula is C18H30N2O. The molecule has 0 amide bonds. The van der Waals surface area contributed by atoms with Crippen molar-refractivity contribution in [2.75, 3.05) is 19.7 Å². The Balaban J connectivity index is 1.92. The summed E-state index contributed by atoms with van der Waals surface area (Å²) < 4.78 is 5.89. The molecule has 1 aliphatic heterocycles. The second-order valence-electron chi connectivity index (χ2n) is 6.76. The van der Waals surface area contributed by atoms with E-state index in [0.29, 0.717) is 12.0 Å². The van der Waals surface area contributed by atoms with E-state index in [-0.39, 0.29) is 12.1 Å². The highest BCUT2D eigenvalue weighted by Gasteiger charge is 2.27. The molecule has 1 fully saturated rings. The first-order chi connectivity index (χ1) is 9.97. The molecule has 0 bridgehead atoms. The third-order valence-corrected chi connectivity index (χ3v) is 4.45. The van der Waals surface area contributed by atoms with E-state index in [4.69, 9.17) is 10.5 Å². The average Bonchev–Trinajstić information content (AvgIpc) is 2.48. The van der Waals surface area contributed by atoms with E-state index in [2.05, 4.69) is 56.9 Å². The maximum Gasteiger partial charge on any atom is 0.0856 e. The highest BCUT2D eigenvalue weighted by Crippen LogP contribution is 2.17. The minimum absolute atomic E-state index is 0.0662. The summed E-state index contributed by atoms with van der Waals surface area (Å²) in [6, 6.07) is 9.48. The van der Waals surface area contributed by atoms with Gasteiger partial charge in [0.15, 0.2) is 0 Å². The van der Waals surface area contributed by atoms with Gasteiger partial charge in [0.1, 0.15) is 0 Å². The summed E-state index contributed by atoms with van der Waals surface area (Å²) in [6.07, 6.45) is 1.03. The van der Waals surface area contributed by atoms with Crippen LogP contribution in [0.4, 0.5) is 0 Å². The van der Waals surface area contributed by atoms with E-state index in [9.17, 15) is 0 Å². The maximum atomic E-state index is 6.39. The summed E-state index contributed by atoms with van der Waals surface area (Å²) in [4.78, 5) is 2.45. The molecule has 1 aliphatic rings. The first kappa shape index (κ1) is 16.5. The van der Waals surface area contributed by atoms with Gasteiger partial charge in [-0.15, -0.1) is 0 Å². The zero-order valence-corrected chi connectivity index (χ0v) is 13.9. The summed E-state index contributed by atoms with van der Waals surface area (Å²) in [5.74, 6) is 0.578. The van der Waals surface area contributed by atoms with Gasteiger partial charge in [-0.3, -0.25) is 4.90 Å². The van der Waals surface area contributed by atoms with Crippen molar-refractivity contribution in [3.8, 4) is 0 Å². The molecule has 0 aliphatic carbocycles. The normalized spacial score (nSPS) is 22.0. The largest absolute Gasteiger partial charge is 0.374 e. The molecule has 118 valence electrons. The van der Waals surface area contributed by atoms with Gasteiger partial charge < -0.3 is 10.5 Å². The molecule has 2 N–H and O–H groups in total. The van der Waals surface area contributed by atoms with Gasteiger partial charge >= 0.3 is 0 Å². The molecular weight excluding hydrogens is 260 g/mol. The van der Waals surface area contributed by atoms with Crippen molar-refractivity contribution in [2.45, 2.75) is 58.2 Å². The Morgan fingerprint density at radius 2 is 1.86 bits per heavy atom. The lowest BCUT2D eigenvalue weighted by Crippen LogP contribution is -2.53. The van der Waals surface area contributed by atoms with Crippen LogP contribution in [-0.2, 0) is 11.2 Å². The summed E-state index contributed by atoms with van der Waals surface area (Å²) in [7, 11) is 0. The molecule has 0 saturated carbocycles. The van der Waals surface area contributed by atoms with Crippen LogP contribution in [0.15, 0.2) is 24.3 Å². The Bertz CT molecular complexity index is 427. The molecule has 1 saturated heterocycles. The number of morpholine rings is 1. The van der Waals surface area contributed by atoms with Gasteiger partial charge in [-0.05, 0) is 37.3 Å². The molecule has 1 aromatic rings. The number of rotatable bonds is 5. The van der Waals surface area contributed by atoms with Crippen molar-refractivity contribution in [3.63, 3.8) is 0 Å². The summed E-state index contributed by atoms with van der Waals surface area (Å²) in [5.41, 5.74) is 9.07. The molecule has 2 unspecified atom stereocenters. The number of benzene rings is 1. The molecule has 0 radical (unpaired) electrons. The monoisotopic (exact) mass is 290 g/mol. The third-order valence-electron chi connectivity index (χ3n) is 4.45. The number of hydrogen-bond donors (Lipinski definition) is 1. The van der Waals surface area contributed by atoms with Crippen LogP contribution in [0, 0.1) is 0 Å². The average molecular weight is 290 g/mol. The van der Waals surface area contributed by atoms with Crippen LogP contribution in [0.5, 0.6) is 0 Å². The van der Waals surface area contributed by atoms with Gasteiger partial charge in [0, 0.05) is 25.2 Å². The van der Waals surface area contributed by atoms with Crippen LogP contribution in [0.25, 0.3) is 0 Å². The van der Waals surface area contributed by atoms with E-state index in [0.717, 1.165) is 26.1 Å². The van der Waals surface area contributed by atoms with Crippen molar-refractivity contribution in [1.29, 1.82) is 0 Å². The molecule has 3 heteroatoms. The van der Waals surface area contributed by atoms with Crippen molar-refractivity contribution in [3.05, 3.63) is 35.4 Å². The lowest BCUT2D eigenvalue weighted by atomic mass is 9.97. The topological polar surface area (TPSA) is 38.5 Å². The molecule has 0 aromatic heterocycles. The molecule has 0 spiro atoms. The number of nitrogens with zero attached hydrogens (tertiary/aromatic N) is 1. The molecule has 21 heavy (non-hydrogen) atoms. The van der Waals surface area contributed by atoms with Gasteiger partial charge in [-0.1, -0.05) is 38.1 Å². The number of nitrogens with two attached hydrogens (primary N) is 1. The standard InChI is InChI=1S/C18H30N2O/c1-13(2)16-7-5-15(6-8-16)11-17(19)18-12-20(14(3)4)9-10-21-18/h5-8,13-14,17-18H,9-12,19H2,1-4H3. The Morgan fingerprint density at radius 3 is 2.43 bits per heavy atom. The van der Waals surface area contributed by atoms with Crippen molar-refractivity contribution in [1.82, 2.24) is 4.90 Å². The van der Waals surface area contributed by atoms with Gasteiger partial charge in [0.05, 0.1) is 12.7 Å². The Kier molecular flexibility index (Phi) is 5.80. The van der Waals surface area contributed by atoms with Gasteiger partial charge in [-0.25, -0.2) is 0 Å². The fraction of sp³-hybridized carbons (Fsp3) is 0.667. The van der Waals surface area contributed by atoms with Crippen LogP contribution in [0.2, 0.25) is 0 Å². The minimum atomic E-state index is 0.0662. The first-order valence-electron chi connectivity index (χ1n) is 8.17. The zero-order valence-electron chi connectivity index (χ0n) is 13.9. The predicted octanol–water partition coefficient (Wildman–Crippen LogP) is 2.79. The second-order valence-corrected chi connectivity index (χ2v) is 6.76. The zero-order chi connectivity index (χ0) is 15.4. The molecule has 2 atom stereocenters. The number of ether oxygens (including phenoxy) is 1. The van der Waals surface area contributed by atoms with Crippen LogP contribution >= 0.6 is 0 Å².